The van der Waals surface area contributed by atoms with Gasteiger partial charge in [-0.15, -0.1) is 0 Å². The normalized spacial score (nSPS) is 20.7. The molecule has 0 amide bonds. The van der Waals surface area contributed by atoms with Gasteiger partial charge in [0.2, 0.25) is 0 Å². The van der Waals surface area contributed by atoms with Crippen molar-refractivity contribution in [1.29, 1.82) is 0 Å². The zero-order chi connectivity index (χ0) is 13.6. The van der Waals surface area contributed by atoms with Crippen molar-refractivity contribution < 1.29 is 24.1 Å². The fourth-order valence-electron chi connectivity index (χ4n) is 2.77. The third-order valence-electron chi connectivity index (χ3n) is 3.66. The second kappa shape index (κ2) is 4.19. The summed E-state index contributed by atoms with van der Waals surface area (Å²) in [5.41, 5.74) is 1.73. The number of benzene rings is 1. The smallest absolute Gasteiger partial charge is 0.338 e. The van der Waals surface area contributed by atoms with Crippen LogP contribution in [0.4, 0.5) is 0 Å². The summed E-state index contributed by atoms with van der Waals surface area (Å²) in [7, 11) is 3.10. The van der Waals surface area contributed by atoms with Gasteiger partial charge in [-0.05, 0) is 18.6 Å². The summed E-state index contributed by atoms with van der Waals surface area (Å²) in [6.45, 7) is 0.304. The highest BCUT2D eigenvalue weighted by molar-refractivity contribution is 6.00. The third-order valence-corrected chi connectivity index (χ3v) is 3.66. The molecule has 100 valence electrons. The quantitative estimate of drug-likeness (QED) is 0.822. The molecule has 1 saturated heterocycles. The SMILES string of the molecule is COc1ccc(OC)c2c1CC1COC(=O)C1=C2O. The van der Waals surface area contributed by atoms with Crippen molar-refractivity contribution in [2.75, 3.05) is 20.8 Å². The molecule has 1 N–H and O–H groups in total. The highest BCUT2D eigenvalue weighted by atomic mass is 16.5. The Morgan fingerprint density at radius 2 is 1.95 bits per heavy atom. The summed E-state index contributed by atoms with van der Waals surface area (Å²) in [5.74, 6) is 0.600. The number of cyclic esters (lactones) is 1. The summed E-state index contributed by atoms with van der Waals surface area (Å²) >= 11 is 0. The first-order valence-corrected chi connectivity index (χ1v) is 6.01. The predicted molar refractivity (Wildman–Crippen MR) is 67.2 cm³/mol. The molecule has 1 heterocycles. The van der Waals surface area contributed by atoms with E-state index in [1.807, 2.05) is 0 Å². The van der Waals surface area contributed by atoms with Crippen molar-refractivity contribution in [1.82, 2.24) is 0 Å². The average molecular weight is 262 g/mol. The summed E-state index contributed by atoms with van der Waals surface area (Å²) in [6, 6.07) is 3.52. The van der Waals surface area contributed by atoms with Crippen molar-refractivity contribution in [2.45, 2.75) is 6.42 Å². The number of methoxy groups -OCH3 is 2. The summed E-state index contributed by atoms with van der Waals surface area (Å²) in [6.07, 6.45) is 0.598. The number of ether oxygens (including phenoxy) is 3. The van der Waals surface area contributed by atoms with Crippen LogP contribution in [0.5, 0.6) is 11.5 Å². The molecule has 1 aromatic carbocycles. The Hall–Kier alpha value is -2.17. The van der Waals surface area contributed by atoms with Crippen LogP contribution in [0.25, 0.3) is 5.76 Å². The van der Waals surface area contributed by atoms with Crippen LogP contribution in [0.3, 0.4) is 0 Å². The van der Waals surface area contributed by atoms with E-state index in [9.17, 15) is 9.90 Å². The lowest BCUT2D eigenvalue weighted by Gasteiger charge is -2.23. The zero-order valence-corrected chi connectivity index (χ0v) is 10.7. The van der Waals surface area contributed by atoms with Crippen LogP contribution in [0.1, 0.15) is 11.1 Å². The van der Waals surface area contributed by atoms with Gasteiger partial charge in [0.05, 0.1) is 32.0 Å². The van der Waals surface area contributed by atoms with Crippen LogP contribution in [-0.4, -0.2) is 31.9 Å². The fraction of sp³-hybridized carbons (Fsp3) is 0.357. The lowest BCUT2D eigenvalue weighted by atomic mass is 9.83. The Morgan fingerprint density at radius 1 is 1.26 bits per heavy atom. The Balaban J connectivity index is 2.27. The molecule has 1 aliphatic carbocycles. The molecule has 1 aliphatic heterocycles. The van der Waals surface area contributed by atoms with Crippen LogP contribution in [0, 0.1) is 5.92 Å². The first-order chi connectivity index (χ1) is 9.17. The first-order valence-electron chi connectivity index (χ1n) is 6.01. The monoisotopic (exact) mass is 262 g/mol. The molecule has 0 spiro atoms. The van der Waals surface area contributed by atoms with Gasteiger partial charge in [-0.1, -0.05) is 0 Å². The van der Waals surface area contributed by atoms with E-state index in [1.165, 1.54) is 7.11 Å². The van der Waals surface area contributed by atoms with E-state index in [0.717, 1.165) is 5.56 Å². The molecular formula is C14H14O5. The van der Waals surface area contributed by atoms with E-state index in [1.54, 1.807) is 19.2 Å². The molecule has 3 rings (SSSR count). The van der Waals surface area contributed by atoms with E-state index >= 15 is 0 Å². The van der Waals surface area contributed by atoms with Crippen LogP contribution in [0.15, 0.2) is 17.7 Å². The molecule has 5 nitrogen and oxygen atoms in total. The van der Waals surface area contributed by atoms with Crippen molar-refractivity contribution >= 4 is 11.7 Å². The third kappa shape index (κ3) is 1.58. The van der Waals surface area contributed by atoms with Crippen molar-refractivity contribution in [3.8, 4) is 11.5 Å². The summed E-state index contributed by atoms with van der Waals surface area (Å²) < 4.78 is 15.6. The highest BCUT2D eigenvalue weighted by Crippen LogP contribution is 2.44. The zero-order valence-electron chi connectivity index (χ0n) is 10.7. The maximum Gasteiger partial charge on any atom is 0.338 e. The van der Waals surface area contributed by atoms with Gasteiger partial charge in [0.25, 0.3) is 0 Å². The van der Waals surface area contributed by atoms with Crippen molar-refractivity contribution in [3.63, 3.8) is 0 Å². The maximum atomic E-state index is 11.7. The molecule has 1 fully saturated rings. The Morgan fingerprint density at radius 3 is 2.63 bits per heavy atom. The number of carbonyl (C=O) groups is 1. The molecule has 2 aliphatic rings. The molecule has 1 unspecified atom stereocenters. The number of hydrogen-bond acceptors (Lipinski definition) is 5. The van der Waals surface area contributed by atoms with Crippen molar-refractivity contribution in [2.24, 2.45) is 5.92 Å². The van der Waals surface area contributed by atoms with E-state index in [2.05, 4.69) is 0 Å². The Bertz CT molecular complexity index is 588. The molecule has 19 heavy (non-hydrogen) atoms. The Labute approximate surface area is 110 Å². The number of carbonyl (C=O) groups excluding carboxylic acids is 1. The number of aliphatic hydroxyl groups is 1. The average Bonchev–Trinajstić information content (AvgIpc) is 2.79. The molecule has 5 heteroatoms. The van der Waals surface area contributed by atoms with Gasteiger partial charge in [0.15, 0.2) is 0 Å². The molecule has 0 bridgehead atoms. The van der Waals surface area contributed by atoms with Crippen LogP contribution in [0.2, 0.25) is 0 Å². The van der Waals surface area contributed by atoms with Gasteiger partial charge in [-0.25, -0.2) is 4.79 Å². The predicted octanol–water partition coefficient (Wildman–Crippen LogP) is 1.70. The number of hydrogen-bond donors (Lipinski definition) is 1. The minimum atomic E-state index is -0.446. The Kier molecular flexibility index (Phi) is 2.62. The number of fused-ring (bicyclic) bond motifs is 2. The summed E-state index contributed by atoms with van der Waals surface area (Å²) in [5, 5.41) is 10.4. The van der Waals surface area contributed by atoms with E-state index in [4.69, 9.17) is 14.2 Å². The molecule has 0 saturated carbocycles. The van der Waals surface area contributed by atoms with Crippen LogP contribution >= 0.6 is 0 Å². The lowest BCUT2D eigenvalue weighted by Crippen LogP contribution is -2.18. The fourth-order valence-corrected chi connectivity index (χ4v) is 2.77. The minimum Gasteiger partial charge on any atom is -0.507 e. The van der Waals surface area contributed by atoms with Gasteiger partial charge in [0.1, 0.15) is 17.3 Å². The second-order valence-corrected chi connectivity index (χ2v) is 4.59. The van der Waals surface area contributed by atoms with Gasteiger partial charge in [-0.3, -0.25) is 0 Å². The van der Waals surface area contributed by atoms with E-state index in [0.29, 0.717) is 35.7 Å². The van der Waals surface area contributed by atoms with Gasteiger partial charge < -0.3 is 19.3 Å². The molecule has 0 radical (unpaired) electrons. The maximum absolute atomic E-state index is 11.7. The standard InChI is InChI=1S/C14H14O5/c1-17-9-3-4-10(18-2)12-8(9)5-7-6-19-14(16)11(7)13(12)15/h3-4,7,15H,5-6H2,1-2H3. The van der Waals surface area contributed by atoms with E-state index < -0.39 is 5.97 Å². The number of esters is 1. The topological polar surface area (TPSA) is 65.0 Å². The van der Waals surface area contributed by atoms with Crippen LogP contribution < -0.4 is 9.47 Å². The molecule has 1 aromatic rings. The van der Waals surface area contributed by atoms with E-state index in [-0.39, 0.29) is 11.7 Å². The lowest BCUT2D eigenvalue weighted by molar-refractivity contribution is -0.135. The molecule has 0 aromatic heterocycles. The minimum absolute atomic E-state index is 0.0514. The van der Waals surface area contributed by atoms with Crippen LogP contribution in [-0.2, 0) is 16.0 Å². The number of rotatable bonds is 2. The number of aliphatic hydroxyl groups excluding tert-OH is 1. The first kappa shape index (κ1) is 11.9. The van der Waals surface area contributed by atoms with Gasteiger partial charge in [0, 0.05) is 11.5 Å². The second-order valence-electron chi connectivity index (χ2n) is 4.59. The molecule has 1 atom stereocenters. The highest BCUT2D eigenvalue weighted by Gasteiger charge is 2.40. The van der Waals surface area contributed by atoms with Gasteiger partial charge in [-0.2, -0.15) is 0 Å². The molecular weight excluding hydrogens is 248 g/mol. The van der Waals surface area contributed by atoms with Crippen molar-refractivity contribution in [3.05, 3.63) is 28.8 Å². The van der Waals surface area contributed by atoms with Gasteiger partial charge >= 0.3 is 5.97 Å². The largest absolute Gasteiger partial charge is 0.507 e. The summed E-state index contributed by atoms with van der Waals surface area (Å²) in [4.78, 5) is 11.7.